The molecule has 1 N–H and O–H groups in total. The highest BCUT2D eigenvalue weighted by Gasteiger charge is 2.32. The normalized spacial score (nSPS) is 12.7. The molecule has 0 fully saturated rings. The Bertz CT molecular complexity index is 345. The van der Waals surface area contributed by atoms with Crippen LogP contribution < -0.4 is 0 Å². The van der Waals surface area contributed by atoms with Gasteiger partial charge in [0.15, 0.2) is 0 Å². The van der Waals surface area contributed by atoms with Gasteiger partial charge in [-0.05, 0) is 33.3 Å². The van der Waals surface area contributed by atoms with E-state index in [-0.39, 0.29) is 11.9 Å². The maximum absolute atomic E-state index is 11.5. The molecule has 0 saturated carbocycles. The van der Waals surface area contributed by atoms with Crippen LogP contribution in [0.2, 0.25) is 0 Å². The van der Waals surface area contributed by atoms with Crippen LogP contribution in [-0.2, 0) is 9.59 Å². The molecule has 0 rings (SSSR count). The predicted octanol–water partition coefficient (Wildman–Crippen LogP) is 2.42. The molecule has 0 aromatic rings. The van der Waals surface area contributed by atoms with Crippen molar-refractivity contribution in [3.8, 4) is 0 Å². The molecule has 0 bridgehead atoms. The molecule has 0 spiro atoms. The van der Waals surface area contributed by atoms with E-state index in [9.17, 15) is 9.59 Å². The average molecular weight is 239 g/mol. The summed E-state index contributed by atoms with van der Waals surface area (Å²) in [6.07, 6.45) is 1.85. The monoisotopic (exact) mass is 239 g/mol. The fourth-order valence-electron chi connectivity index (χ4n) is 1.81. The molecule has 0 aliphatic heterocycles. The first-order chi connectivity index (χ1) is 7.63. The second-order valence-electron chi connectivity index (χ2n) is 4.83. The van der Waals surface area contributed by atoms with Crippen LogP contribution in [0, 0.1) is 5.41 Å². The molecule has 1 unspecified atom stereocenters. The second kappa shape index (κ2) is 5.66. The Kier molecular flexibility index (Phi) is 5.13. The largest absolute Gasteiger partial charge is 0.481 e. The number of carbonyl (C=O) groups excluding carboxylic acids is 1. The summed E-state index contributed by atoms with van der Waals surface area (Å²) in [4.78, 5) is 24.0. The number of hydrogen-bond donors (Lipinski definition) is 1. The number of carboxylic acids is 1. The lowest BCUT2D eigenvalue weighted by Gasteiger charge is -2.32. The quantitative estimate of drug-likeness (QED) is 0.724. The molecule has 0 aliphatic carbocycles. The van der Waals surface area contributed by atoms with Gasteiger partial charge < -0.3 is 10.0 Å². The zero-order valence-corrected chi connectivity index (χ0v) is 11.0. The summed E-state index contributed by atoms with van der Waals surface area (Å²) in [6, 6.07) is -0.232. The minimum Gasteiger partial charge on any atom is -0.481 e. The minimum absolute atomic E-state index is 0.163. The summed E-state index contributed by atoms with van der Waals surface area (Å²) in [5, 5.41) is 9.06. The van der Waals surface area contributed by atoms with Gasteiger partial charge in [-0.1, -0.05) is 13.2 Å². The highest BCUT2D eigenvalue weighted by atomic mass is 16.4. The summed E-state index contributed by atoms with van der Waals surface area (Å²) >= 11 is 0. The fraction of sp³-hybridized carbons (Fsp3) is 0.538. The Balaban J connectivity index is 4.94. The second-order valence-corrected chi connectivity index (χ2v) is 4.83. The molecule has 4 heteroatoms. The summed E-state index contributed by atoms with van der Waals surface area (Å²) in [7, 11) is 0. The lowest BCUT2D eigenvalue weighted by molar-refractivity contribution is -0.148. The van der Waals surface area contributed by atoms with Crippen molar-refractivity contribution in [2.45, 2.75) is 40.2 Å². The van der Waals surface area contributed by atoms with Crippen LogP contribution in [0.1, 0.15) is 34.1 Å². The molecular weight excluding hydrogens is 218 g/mol. The van der Waals surface area contributed by atoms with E-state index in [4.69, 9.17) is 5.11 Å². The van der Waals surface area contributed by atoms with E-state index in [1.807, 2.05) is 0 Å². The van der Waals surface area contributed by atoms with Gasteiger partial charge in [0.2, 0.25) is 5.91 Å². The molecule has 1 atom stereocenters. The van der Waals surface area contributed by atoms with Crippen LogP contribution >= 0.6 is 0 Å². The third-order valence-corrected chi connectivity index (χ3v) is 2.71. The predicted molar refractivity (Wildman–Crippen MR) is 67.4 cm³/mol. The van der Waals surface area contributed by atoms with Crippen molar-refractivity contribution >= 4 is 11.9 Å². The summed E-state index contributed by atoms with van der Waals surface area (Å²) in [5.41, 5.74) is -0.389. The van der Waals surface area contributed by atoms with Crippen LogP contribution in [0.25, 0.3) is 0 Å². The zero-order chi connectivity index (χ0) is 13.8. The molecule has 0 aliphatic rings. The maximum atomic E-state index is 11.5. The van der Waals surface area contributed by atoms with Crippen molar-refractivity contribution < 1.29 is 14.7 Å². The molecule has 0 aromatic carbocycles. The SMILES string of the molecule is C=CC(=C)N(C(C)=O)C(C)CC(C)(C)C(=O)O. The standard InChI is InChI=1S/C13H21NO3/c1-7-9(2)14(11(4)15)10(3)8-13(5,6)12(16)17/h7,10H,1-2,8H2,3-6H3,(H,16,17). The van der Waals surface area contributed by atoms with Crippen LogP contribution in [0.3, 0.4) is 0 Å². The van der Waals surface area contributed by atoms with E-state index in [1.54, 1.807) is 20.8 Å². The lowest BCUT2D eigenvalue weighted by atomic mass is 9.85. The molecule has 17 heavy (non-hydrogen) atoms. The van der Waals surface area contributed by atoms with Gasteiger partial charge in [0.05, 0.1) is 5.41 Å². The first-order valence-electron chi connectivity index (χ1n) is 5.48. The van der Waals surface area contributed by atoms with Crippen LogP contribution in [-0.4, -0.2) is 27.9 Å². The topological polar surface area (TPSA) is 57.6 Å². The number of allylic oxidation sites excluding steroid dienone is 1. The van der Waals surface area contributed by atoms with Gasteiger partial charge >= 0.3 is 5.97 Å². The number of carboxylic acid groups (broad SMARTS) is 1. The Morgan fingerprint density at radius 3 is 2.24 bits per heavy atom. The van der Waals surface area contributed by atoms with Gasteiger partial charge in [-0.15, -0.1) is 0 Å². The van der Waals surface area contributed by atoms with E-state index in [2.05, 4.69) is 13.2 Å². The zero-order valence-electron chi connectivity index (χ0n) is 11.0. The van der Waals surface area contributed by atoms with Crippen molar-refractivity contribution in [2.75, 3.05) is 0 Å². The first-order valence-corrected chi connectivity index (χ1v) is 5.48. The lowest BCUT2D eigenvalue weighted by Crippen LogP contribution is -2.40. The van der Waals surface area contributed by atoms with Crippen LogP contribution in [0.15, 0.2) is 24.9 Å². The number of amides is 1. The molecule has 0 radical (unpaired) electrons. The smallest absolute Gasteiger partial charge is 0.309 e. The molecular formula is C13H21NO3. The third-order valence-electron chi connectivity index (χ3n) is 2.71. The number of nitrogens with zero attached hydrogens (tertiary/aromatic N) is 1. The van der Waals surface area contributed by atoms with Gasteiger partial charge in [0.1, 0.15) is 0 Å². The van der Waals surface area contributed by atoms with Gasteiger partial charge in [0, 0.05) is 18.7 Å². The number of carbonyl (C=O) groups is 2. The maximum Gasteiger partial charge on any atom is 0.309 e. The van der Waals surface area contributed by atoms with E-state index in [0.717, 1.165) is 0 Å². The Hall–Kier alpha value is -1.58. The minimum atomic E-state index is -0.880. The summed E-state index contributed by atoms with van der Waals surface area (Å²) < 4.78 is 0. The van der Waals surface area contributed by atoms with Crippen LogP contribution in [0.5, 0.6) is 0 Å². The Labute approximate surface area is 103 Å². The Morgan fingerprint density at radius 2 is 1.94 bits per heavy atom. The van der Waals surface area contributed by atoms with Gasteiger partial charge in [0.25, 0.3) is 0 Å². The molecule has 0 saturated heterocycles. The number of aliphatic carboxylic acids is 1. The summed E-state index contributed by atoms with van der Waals surface area (Å²) in [6.45, 7) is 13.8. The van der Waals surface area contributed by atoms with Crippen molar-refractivity contribution in [3.63, 3.8) is 0 Å². The van der Waals surface area contributed by atoms with E-state index >= 15 is 0 Å². The molecule has 96 valence electrons. The molecule has 1 amide bonds. The van der Waals surface area contributed by atoms with Crippen molar-refractivity contribution in [1.82, 2.24) is 4.90 Å². The van der Waals surface area contributed by atoms with Crippen LogP contribution in [0.4, 0.5) is 0 Å². The summed E-state index contributed by atoms with van der Waals surface area (Å²) in [5.74, 6) is -1.04. The average Bonchev–Trinajstić information content (AvgIpc) is 2.15. The van der Waals surface area contributed by atoms with E-state index in [0.29, 0.717) is 12.1 Å². The third kappa shape index (κ3) is 4.06. The van der Waals surface area contributed by atoms with Crippen molar-refractivity contribution in [1.29, 1.82) is 0 Å². The molecule has 0 aromatic heterocycles. The number of rotatable bonds is 6. The Morgan fingerprint density at radius 1 is 1.47 bits per heavy atom. The molecule has 0 heterocycles. The van der Waals surface area contributed by atoms with Crippen molar-refractivity contribution in [3.05, 3.63) is 24.9 Å². The van der Waals surface area contributed by atoms with Gasteiger partial charge in [-0.3, -0.25) is 9.59 Å². The number of hydrogen-bond acceptors (Lipinski definition) is 2. The van der Waals surface area contributed by atoms with Gasteiger partial charge in [-0.2, -0.15) is 0 Å². The fourth-order valence-corrected chi connectivity index (χ4v) is 1.81. The van der Waals surface area contributed by atoms with Crippen molar-refractivity contribution in [2.24, 2.45) is 5.41 Å². The molecule has 4 nitrogen and oxygen atoms in total. The highest BCUT2D eigenvalue weighted by molar-refractivity contribution is 5.77. The highest BCUT2D eigenvalue weighted by Crippen LogP contribution is 2.26. The van der Waals surface area contributed by atoms with E-state index in [1.165, 1.54) is 17.9 Å². The van der Waals surface area contributed by atoms with E-state index < -0.39 is 11.4 Å². The first kappa shape index (κ1) is 15.4. The van der Waals surface area contributed by atoms with Gasteiger partial charge in [-0.25, -0.2) is 0 Å².